The smallest absolute Gasteiger partial charge is 0.433 e. The maximum Gasteiger partial charge on any atom is 0.433 e. The van der Waals surface area contributed by atoms with E-state index >= 15 is 0 Å². The van der Waals surface area contributed by atoms with E-state index < -0.39 is 33.0 Å². The van der Waals surface area contributed by atoms with E-state index in [9.17, 15) is 26.4 Å². The summed E-state index contributed by atoms with van der Waals surface area (Å²) in [5.74, 6) is -0.543. The van der Waals surface area contributed by atoms with Crippen LogP contribution in [-0.2, 0) is 27.4 Å². The molecule has 8 nitrogen and oxygen atoms in total. The average Bonchev–Trinajstić information content (AvgIpc) is 3.34. The fourth-order valence-electron chi connectivity index (χ4n) is 3.93. The van der Waals surface area contributed by atoms with Gasteiger partial charge in [0.2, 0.25) is 5.91 Å². The fraction of sp³-hybridized carbons (Fsp3) is 0.478. The number of sulfone groups is 1. The predicted octanol–water partition coefficient (Wildman–Crippen LogP) is 3.13. The molecule has 1 aromatic heterocycles. The molecule has 2 heterocycles. The number of ether oxygens (including phenoxy) is 1. The van der Waals surface area contributed by atoms with Gasteiger partial charge in [0.25, 0.3) is 0 Å². The first-order valence-corrected chi connectivity index (χ1v) is 13.0. The van der Waals surface area contributed by atoms with Crippen LogP contribution in [0.5, 0.6) is 5.75 Å². The number of carbonyl (C=O) groups excluding carboxylic acids is 1. The molecule has 192 valence electrons. The number of halogens is 3. The van der Waals surface area contributed by atoms with Crippen molar-refractivity contribution in [1.29, 1.82) is 0 Å². The molecular formula is C23H29F3N4O4S. The predicted molar refractivity (Wildman–Crippen MR) is 126 cm³/mol. The molecule has 12 heteroatoms. The largest absolute Gasteiger partial charge is 0.496 e. The zero-order valence-electron chi connectivity index (χ0n) is 19.7. The lowest BCUT2D eigenvalue weighted by Crippen LogP contribution is -2.30. The van der Waals surface area contributed by atoms with Crippen molar-refractivity contribution in [3.63, 3.8) is 0 Å². The van der Waals surface area contributed by atoms with Crippen LogP contribution >= 0.6 is 0 Å². The second kappa shape index (κ2) is 10.4. The number of rotatable bonds is 8. The van der Waals surface area contributed by atoms with Gasteiger partial charge in [-0.05, 0) is 37.5 Å². The lowest BCUT2D eigenvalue weighted by atomic mass is 9.98. The van der Waals surface area contributed by atoms with Gasteiger partial charge in [0.15, 0.2) is 9.84 Å². The lowest BCUT2D eigenvalue weighted by molar-refractivity contribution is -0.141. The summed E-state index contributed by atoms with van der Waals surface area (Å²) in [6.07, 6.45) is -1.81. The van der Waals surface area contributed by atoms with E-state index in [1.54, 1.807) is 24.0 Å². The van der Waals surface area contributed by atoms with Gasteiger partial charge in [-0.2, -0.15) is 13.2 Å². The third-order valence-electron chi connectivity index (χ3n) is 6.02. The highest BCUT2D eigenvalue weighted by molar-refractivity contribution is 7.90. The SMILES string of the molecule is COc1cc(C(C)C(=O)NCc2ccc(C(F)(F)F)nc2N2CCCC2)ccc1C(N)S(C)(=O)=O. The van der Waals surface area contributed by atoms with Gasteiger partial charge < -0.3 is 20.7 Å². The molecule has 1 fully saturated rings. The molecule has 0 saturated carbocycles. The van der Waals surface area contributed by atoms with Crippen LogP contribution in [-0.4, -0.2) is 45.8 Å². The number of nitrogens with zero attached hydrogens (tertiary/aromatic N) is 2. The number of methoxy groups -OCH3 is 1. The molecule has 2 atom stereocenters. The number of benzene rings is 1. The van der Waals surface area contributed by atoms with E-state index in [1.165, 1.54) is 19.2 Å². The van der Waals surface area contributed by atoms with Crippen molar-refractivity contribution >= 4 is 21.6 Å². The number of hydrogen-bond acceptors (Lipinski definition) is 7. The Morgan fingerprint density at radius 2 is 1.89 bits per heavy atom. The molecule has 3 rings (SSSR count). The van der Waals surface area contributed by atoms with E-state index in [1.807, 2.05) is 0 Å². The molecule has 1 saturated heterocycles. The molecule has 0 bridgehead atoms. The summed E-state index contributed by atoms with van der Waals surface area (Å²) in [6.45, 7) is 2.88. The molecule has 0 aliphatic carbocycles. The standard InChI is InChI=1S/C23H29F3N4O4S/c1-14(15-6-8-17(18(12-15)34-2)20(27)35(3,32)33)22(31)28-13-16-7-9-19(23(24,25)26)29-21(16)30-10-4-5-11-30/h6-9,12,14,20H,4-5,10-11,13,27H2,1-3H3,(H,28,31). The maximum atomic E-state index is 13.2. The quantitative estimate of drug-likeness (QED) is 0.556. The second-order valence-corrected chi connectivity index (χ2v) is 10.7. The summed E-state index contributed by atoms with van der Waals surface area (Å²) < 4.78 is 68.5. The number of pyridine rings is 1. The van der Waals surface area contributed by atoms with Crippen molar-refractivity contribution in [2.45, 2.75) is 43.8 Å². The molecule has 1 aliphatic rings. The molecule has 1 aromatic carbocycles. The van der Waals surface area contributed by atoms with Crippen LogP contribution in [0.4, 0.5) is 19.0 Å². The van der Waals surface area contributed by atoms with Gasteiger partial charge in [-0.15, -0.1) is 0 Å². The molecule has 0 radical (unpaired) electrons. The molecule has 1 amide bonds. The number of alkyl halides is 3. The average molecular weight is 515 g/mol. The van der Waals surface area contributed by atoms with Crippen LogP contribution in [0.25, 0.3) is 0 Å². The minimum atomic E-state index is -4.56. The summed E-state index contributed by atoms with van der Waals surface area (Å²) in [4.78, 5) is 18.5. The van der Waals surface area contributed by atoms with Crippen molar-refractivity contribution in [3.05, 3.63) is 52.7 Å². The molecule has 0 spiro atoms. The Labute approximate surface area is 202 Å². The highest BCUT2D eigenvalue weighted by Gasteiger charge is 2.34. The Morgan fingerprint density at radius 1 is 1.23 bits per heavy atom. The van der Waals surface area contributed by atoms with Crippen LogP contribution in [0, 0.1) is 0 Å². The molecule has 1 aliphatic heterocycles. The minimum absolute atomic E-state index is 0.00825. The highest BCUT2D eigenvalue weighted by atomic mass is 32.2. The van der Waals surface area contributed by atoms with Crippen LogP contribution in [0.1, 0.15) is 53.4 Å². The van der Waals surface area contributed by atoms with Gasteiger partial charge in [0, 0.05) is 37.0 Å². The van der Waals surface area contributed by atoms with Crippen molar-refractivity contribution in [2.75, 3.05) is 31.4 Å². The molecular weight excluding hydrogens is 485 g/mol. The number of amides is 1. The summed E-state index contributed by atoms with van der Waals surface area (Å²) >= 11 is 0. The molecule has 35 heavy (non-hydrogen) atoms. The number of aromatic nitrogens is 1. The van der Waals surface area contributed by atoms with Gasteiger partial charge in [-0.25, -0.2) is 13.4 Å². The first-order chi connectivity index (χ1) is 16.3. The zero-order valence-corrected chi connectivity index (χ0v) is 20.5. The minimum Gasteiger partial charge on any atom is -0.496 e. The van der Waals surface area contributed by atoms with Crippen LogP contribution in [0.2, 0.25) is 0 Å². The number of carbonyl (C=O) groups is 1. The molecule has 2 unspecified atom stereocenters. The monoisotopic (exact) mass is 514 g/mol. The van der Waals surface area contributed by atoms with Gasteiger partial charge in [0.1, 0.15) is 22.6 Å². The van der Waals surface area contributed by atoms with Gasteiger partial charge in [-0.1, -0.05) is 18.2 Å². The fourth-order valence-corrected chi connectivity index (χ4v) is 4.58. The normalized spacial score (nSPS) is 16.1. The number of anilines is 1. The topological polar surface area (TPSA) is 115 Å². The summed E-state index contributed by atoms with van der Waals surface area (Å²) in [5, 5.41) is 1.50. The van der Waals surface area contributed by atoms with Crippen molar-refractivity contribution in [3.8, 4) is 5.75 Å². The van der Waals surface area contributed by atoms with E-state index in [0.717, 1.165) is 25.2 Å². The van der Waals surface area contributed by atoms with Crippen LogP contribution in [0.3, 0.4) is 0 Å². The summed E-state index contributed by atoms with van der Waals surface area (Å²) in [7, 11) is -2.19. The lowest BCUT2D eigenvalue weighted by Gasteiger charge is -2.22. The van der Waals surface area contributed by atoms with E-state index in [4.69, 9.17) is 10.5 Å². The molecule has 2 aromatic rings. The first-order valence-electron chi connectivity index (χ1n) is 11.0. The summed E-state index contributed by atoms with van der Waals surface area (Å²) in [5.41, 5.74) is 6.18. The Morgan fingerprint density at radius 3 is 2.46 bits per heavy atom. The van der Waals surface area contributed by atoms with Crippen LogP contribution < -0.4 is 20.7 Å². The Hall–Kier alpha value is -2.86. The van der Waals surface area contributed by atoms with Crippen molar-refractivity contribution in [2.24, 2.45) is 5.73 Å². The highest BCUT2D eigenvalue weighted by Crippen LogP contribution is 2.33. The van der Waals surface area contributed by atoms with E-state index in [2.05, 4.69) is 10.3 Å². The molecule has 3 N–H and O–H groups in total. The van der Waals surface area contributed by atoms with Crippen molar-refractivity contribution in [1.82, 2.24) is 10.3 Å². The Kier molecular flexibility index (Phi) is 7.95. The van der Waals surface area contributed by atoms with Crippen LogP contribution in [0.15, 0.2) is 30.3 Å². The number of nitrogens with one attached hydrogen (secondary N) is 1. The van der Waals surface area contributed by atoms with E-state index in [-0.39, 0.29) is 29.6 Å². The zero-order chi connectivity index (χ0) is 26.0. The second-order valence-electron chi connectivity index (χ2n) is 8.56. The van der Waals surface area contributed by atoms with Crippen molar-refractivity contribution < 1.29 is 31.1 Å². The Bertz CT molecular complexity index is 1180. The number of nitrogens with two attached hydrogens (primary N) is 1. The van der Waals surface area contributed by atoms with Gasteiger partial charge in [0.05, 0.1) is 13.0 Å². The first kappa shape index (κ1) is 26.7. The summed E-state index contributed by atoms with van der Waals surface area (Å²) in [6, 6.07) is 6.93. The van der Waals surface area contributed by atoms with E-state index in [0.29, 0.717) is 24.2 Å². The van der Waals surface area contributed by atoms with Gasteiger partial charge >= 0.3 is 6.18 Å². The maximum absolute atomic E-state index is 13.2. The number of hydrogen-bond donors (Lipinski definition) is 2. The third-order valence-corrected chi connectivity index (χ3v) is 7.20. The van der Waals surface area contributed by atoms with Gasteiger partial charge in [-0.3, -0.25) is 4.79 Å². The third kappa shape index (κ3) is 6.23. The Balaban J connectivity index is 1.78.